The lowest BCUT2D eigenvalue weighted by Gasteiger charge is -2.36. The molecule has 72 valence electrons. The number of rotatable bonds is 2. The van der Waals surface area contributed by atoms with Gasteiger partial charge in [-0.2, -0.15) is 0 Å². The van der Waals surface area contributed by atoms with Crippen LogP contribution in [0.3, 0.4) is 0 Å². The maximum Gasteiger partial charge on any atom is 0.0678 e. The topological polar surface area (TPSA) is 12.5 Å². The number of hydrogen-bond donors (Lipinski definition) is 0. The molecule has 0 aromatic carbocycles. The molecule has 1 aliphatic heterocycles. The molecule has 1 rings (SSSR count). The third-order valence-electron chi connectivity index (χ3n) is 2.12. The first-order valence-corrected chi connectivity index (χ1v) is 4.95. The average molecular weight is 171 g/mol. The second-order valence-electron chi connectivity index (χ2n) is 4.37. The minimum atomic E-state index is 0.410. The first-order chi connectivity index (χ1) is 5.58. The summed E-state index contributed by atoms with van der Waals surface area (Å²) in [6.45, 7) is 12.3. The van der Waals surface area contributed by atoms with Gasteiger partial charge in [-0.05, 0) is 19.8 Å². The fourth-order valence-electron chi connectivity index (χ4n) is 1.95. The van der Waals surface area contributed by atoms with Crippen molar-refractivity contribution in [2.24, 2.45) is 5.92 Å². The normalized spacial score (nSPS) is 32.8. The maximum atomic E-state index is 5.66. The minimum absolute atomic E-state index is 0.410. The van der Waals surface area contributed by atoms with E-state index in [9.17, 15) is 0 Å². The summed E-state index contributed by atoms with van der Waals surface area (Å²) < 4.78 is 5.66. The van der Waals surface area contributed by atoms with Crippen molar-refractivity contribution in [1.82, 2.24) is 4.90 Å². The van der Waals surface area contributed by atoms with E-state index in [1.807, 2.05) is 0 Å². The van der Waals surface area contributed by atoms with Gasteiger partial charge in [0.15, 0.2) is 0 Å². The Morgan fingerprint density at radius 2 is 1.75 bits per heavy atom. The Morgan fingerprint density at radius 1 is 1.25 bits per heavy atom. The van der Waals surface area contributed by atoms with Crippen LogP contribution in [0.5, 0.6) is 0 Å². The fourth-order valence-corrected chi connectivity index (χ4v) is 1.95. The van der Waals surface area contributed by atoms with Crippen molar-refractivity contribution < 1.29 is 4.74 Å². The van der Waals surface area contributed by atoms with Gasteiger partial charge in [-0.3, -0.25) is 4.90 Å². The molecule has 0 aromatic heterocycles. The van der Waals surface area contributed by atoms with Gasteiger partial charge >= 0.3 is 0 Å². The van der Waals surface area contributed by atoms with E-state index in [-0.39, 0.29) is 0 Å². The molecule has 0 aromatic rings. The number of morpholine rings is 1. The molecule has 1 fully saturated rings. The molecule has 1 heterocycles. The van der Waals surface area contributed by atoms with Crippen LogP contribution >= 0.6 is 0 Å². The first kappa shape index (κ1) is 10.0. The van der Waals surface area contributed by atoms with E-state index in [1.165, 1.54) is 6.54 Å². The summed E-state index contributed by atoms with van der Waals surface area (Å²) in [4.78, 5) is 2.50. The number of nitrogens with zero attached hydrogens (tertiary/aromatic N) is 1. The van der Waals surface area contributed by atoms with Crippen LogP contribution in [0, 0.1) is 5.92 Å². The Kier molecular flexibility index (Phi) is 3.53. The summed E-state index contributed by atoms with van der Waals surface area (Å²) in [5.74, 6) is 0.766. The summed E-state index contributed by atoms with van der Waals surface area (Å²) >= 11 is 0. The second-order valence-corrected chi connectivity index (χ2v) is 4.37. The monoisotopic (exact) mass is 171 g/mol. The molecule has 2 nitrogen and oxygen atoms in total. The van der Waals surface area contributed by atoms with Crippen LogP contribution in [0.4, 0.5) is 0 Å². The Labute approximate surface area is 75.9 Å². The lowest BCUT2D eigenvalue weighted by molar-refractivity contribution is -0.0704. The maximum absolute atomic E-state index is 5.66. The van der Waals surface area contributed by atoms with Crippen molar-refractivity contribution in [3.8, 4) is 0 Å². The zero-order chi connectivity index (χ0) is 9.14. The minimum Gasteiger partial charge on any atom is -0.373 e. The molecule has 0 N–H and O–H groups in total. The van der Waals surface area contributed by atoms with E-state index in [0.29, 0.717) is 12.2 Å². The lowest BCUT2D eigenvalue weighted by atomic mass is 10.1. The SMILES string of the molecule is CC(C)CN1C[C@@H](C)O[C@H](C)C1. The highest BCUT2D eigenvalue weighted by atomic mass is 16.5. The Hall–Kier alpha value is -0.0800. The first-order valence-electron chi connectivity index (χ1n) is 4.95. The van der Waals surface area contributed by atoms with Crippen molar-refractivity contribution in [3.63, 3.8) is 0 Å². The van der Waals surface area contributed by atoms with Gasteiger partial charge in [0.25, 0.3) is 0 Å². The molecule has 0 amide bonds. The molecular formula is C10H21NO. The molecule has 0 aliphatic carbocycles. The second kappa shape index (κ2) is 4.24. The number of hydrogen-bond acceptors (Lipinski definition) is 2. The standard InChI is InChI=1S/C10H21NO/c1-8(2)5-11-6-9(3)12-10(4)7-11/h8-10H,5-7H2,1-4H3/t9-,10-/m1/s1. The Morgan fingerprint density at radius 3 is 2.17 bits per heavy atom. The smallest absolute Gasteiger partial charge is 0.0678 e. The van der Waals surface area contributed by atoms with E-state index >= 15 is 0 Å². The van der Waals surface area contributed by atoms with Crippen LogP contribution in [0.1, 0.15) is 27.7 Å². The molecule has 2 heteroatoms. The highest BCUT2D eigenvalue weighted by molar-refractivity contribution is 4.73. The zero-order valence-corrected chi connectivity index (χ0v) is 8.71. The summed E-state index contributed by atoms with van der Waals surface area (Å²) in [6.07, 6.45) is 0.819. The van der Waals surface area contributed by atoms with Crippen molar-refractivity contribution in [2.45, 2.75) is 39.9 Å². The predicted octanol–water partition coefficient (Wildman–Crippen LogP) is 1.75. The van der Waals surface area contributed by atoms with Gasteiger partial charge in [0, 0.05) is 19.6 Å². The zero-order valence-electron chi connectivity index (χ0n) is 8.71. The van der Waals surface area contributed by atoms with Crippen molar-refractivity contribution >= 4 is 0 Å². The molecule has 0 bridgehead atoms. The van der Waals surface area contributed by atoms with Gasteiger partial charge in [-0.25, -0.2) is 0 Å². The van der Waals surface area contributed by atoms with Gasteiger partial charge in [-0.15, -0.1) is 0 Å². The van der Waals surface area contributed by atoms with E-state index in [2.05, 4.69) is 32.6 Å². The quantitative estimate of drug-likeness (QED) is 0.627. The van der Waals surface area contributed by atoms with Crippen LogP contribution in [0.2, 0.25) is 0 Å². The third kappa shape index (κ3) is 3.11. The van der Waals surface area contributed by atoms with Crippen molar-refractivity contribution in [1.29, 1.82) is 0 Å². The van der Waals surface area contributed by atoms with Crippen LogP contribution in [0.25, 0.3) is 0 Å². The summed E-state index contributed by atoms with van der Waals surface area (Å²) in [7, 11) is 0. The van der Waals surface area contributed by atoms with E-state index < -0.39 is 0 Å². The third-order valence-corrected chi connectivity index (χ3v) is 2.12. The van der Waals surface area contributed by atoms with Crippen LogP contribution in [-0.2, 0) is 4.74 Å². The van der Waals surface area contributed by atoms with Crippen LogP contribution in [0.15, 0.2) is 0 Å². The lowest BCUT2D eigenvalue weighted by Crippen LogP contribution is -2.46. The van der Waals surface area contributed by atoms with E-state index in [1.54, 1.807) is 0 Å². The largest absolute Gasteiger partial charge is 0.373 e. The Bertz CT molecular complexity index is 123. The summed E-state index contributed by atoms with van der Waals surface area (Å²) in [5, 5.41) is 0. The molecule has 0 radical (unpaired) electrons. The number of ether oxygens (including phenoxy) is 1. The molecule has 1 aliphatic rings. The summed E-state index contributed by atoms with van der Waals surface area (Å²) in [5.41, 5.74) is 0. The van der Waals surface area contributed by atoms with Crippen LogP contribution < -0.4 is 0 Å². The fraction of sp³-hybridized carbons (Fsp3) is 1.00. The molecule has 12 heavy (non-hydrogen) atoms. The highest BCUT2D eigenvalue weighted by Crippen LogP contribution is 2.11. The van der Waals surface area contributed by atoms with E-state index in [4.69, 9.17) is 4.74 Å². The summed E-state index contributed by atoms with van der Waals surface area (Å²) in [6, 6.07) is 0. The molecular weight excluding hydrogens is 150 g/mol. The van der Waals surface area contributed by atoms with Gasteiger partial charge in [0.05, 0.1) is 12.2 Å². The van der Waals surface area contributed by atoms with Gasteiger partial charge in [0.2, 0.25) is 0 Å². The molecule has 1 saturated heterocycles. The van der Waals surface area contributed by atoms with Crippen molar-refractivity contribution in [3.05, 3.63) is 0 Å². The molecule has 2 atom stereocenters. The van der Waals surface area contributed by atoms with Crippen molar-refractivity contribution in [2.75, 3.05) is 19.6 Å². The van der Waals surface area contributed by atoms with Gasteiger partial charge in [0.1, 0.15) is 0 Å². The molecule has 0 spiro atoms. The highest BCUT2D eigenvalue weighted by Gasteiger charge is 2.21. The van der Waals surface area contributed by atoms with E-state index in [0.717, 1.165) is 19.0 Å². The van der Waals surface area contributed by atoms with Crippen LogP contribution in [-0.4, -0.2) is 36.7 Å². The average Bonchev–Trinajstić information content (AvgIpc) is 1.81. The van der Waals surface area contributed by atoms with Gasteiger partial charge in [-0.1, -0.05) is 13.8 Å². The predicted molar refractivity (Wildman–Crippen MR) is 51.3 cm³/mol. The molecule has 0 saturated carbocycles. The van der Waals surface area contributed by atoms with Gasteiger partial charge < -0.3 is 4.74 Å². The Balaban J connectivity index is 2.34. The molecule has 0 unspecified atom stereocenters.